The minimum Gasteiger partial charge on any atom is -0.494 e. The minimum absolute atomic E-state index is 0.0176. The molecule has 0 aliphatic carbocycles. The van der Waals surface area contributed by atoms with Crippen LogP contribution in [0.25, 0.3) is 11.0 Å². The molecule has 4 aromatic rings. The average Bonchev–Trinajstić information content (AvgIpc) is 3.17. The lowest BCUT2D eigenvalue weighted by molar-refractivity contribution is 0.0971. The molecule has 1 aliphatic rings. The zero-order chi connectivity index (χ0) is 24.5. The summed E-state index contributed by atoms with van der Waals surface area (Å²) in [6.07, 6.45) is 2.80. The summed E-state index contributed by atoms with van der Waals surface area (Å²) in [5.41, 5.74) is 2.48. The van der Waals surface area contributed by atoms with Gasteiger partial charge in [0.15, 0.2) is 5.43 Å². The van der Waals surface area contributed by atoms with Crippen molar-refractivity contribution in [3.8, 4) is 5.75 Å². The second-order valence-corrected chi connectivity index (χ2v) is 8.69. The second kappa shape index (κ2) is 9.37. The molecule has 6 heteroatoms. The van der Waals surface area contributed by atoms with Gasteiger partial charge in [-0.2, -0.15) is 0 Å². The van der Waals surface area contributed by atoms with E-state index >= 15 is 0 Å². The first-order valence-corrected chi connectivity index (χ1v) is 11.9. The largest absolute Gasteiger partial charge is 0.494 e. The molecule has 0 spiro atoms. The Hall–Kier alpha value is -3.93. The summed E-state index contributed by atoms with van der Waals surface area (Å²) < 4.78 is 25.8. The number of nitrogens with zero attached hydrogens (tertiary/aromatic N) is 1. The summed E-state index contributed by atoms with van der Waals surface area (Å²) in [5.74, 6) is -0.302. The molecule has 5 nitrogen and oxygen atoms in total. The molecule has 2 heterocycles. The summed E-state index contributed by atoms with van der Waals surface area (Å²) >= 11 is 0. The highest BCUT2D eigenvalue weighted by Crippen LogP contribution is 2.42. The van der Waals surface area contributed by atoms with Crippen LogP contribution in [0.2, 0.25) is 0 Å². The average molecular weight is 472 g/mol. The first kappa shape index (κ1) is 22.8. The summed E-state index contributed by atoms with van der Waals surface area (Å²) in [4.78, 5) is 28.9. The van der Waals surface area contributed by atoms with Gasteiger partial charge < -0.3 is 9.15 Å². The van der Waals surface area contributed by atoms with Crippen molar-refractivity contribution in [3.63, 3.8) is 0 Å². The molecule has 35 heavy (non-hydrogen) atoms. The number of hydrogen-bond donors (Lipinski definition) is 0. The fourth-order valence-corrected chi connectivity index (χ4v) is 4.53. The number of fused-ring (bicyclic) bond motifs is 2. The highest BCUT2D eigenvalue weighted by Gasteiger charge is 2.43. The van der Waals surface area contributed by atoms with Gasteiger partial charge in [0.05, 0.1) is 23.6 Å². The number of unbranched alkanes of at least 4 members (excludes halogenated alkanes) is 1. The monoisotopic (exact) mass is 471 g/mol. The van der Waals surface area contributed by atoms with Crippen LogP contribution >= 0.6 is 0 Å². The first-order valence-electron chi connectivity index (χ1n) is 11.9. The van der Waals surface area contributed by atoms with Crippen LogP contribution < -0.4 is 15.1 Å². The zero-order valence-corrected chi connectivity index (χ0v) is 19.7. The predicted molar refractivity (Wildman–Crippen MR) is 134 cm³/mol. The lowest BCUT2D eigenvalue weighted by Crippen LogP contribution is -2.29. The van der Waals surface area contributed by atoms with Gasteiger partial charge in [0.2, 0.25) is 5.76 Å². The third-order valence-corrected chi connectivity index (χ3v) is 6.40. The van der Waals surface area contributed by atoms with Gasteiger partial charge in [0.1, 0.15) is 17.1 Å². The number of carbonyl (C=O) groups excluding carboxylic acids is 1. The van der Waals surface area contributed by atoms with Crippen molar-refractivity contribution >= 4 is 22.6 Å². The molecule has 0 radical (unpaired) electrons. The van der Waals surface area contributed by atoms with Crippen molar-refractivity contribution in [2.75, 3.05) is 11.5 Å². The van der Waals surface area contributed by atoms with Gasteiger partial charge in [-0.15, -0.1) is 0 Å². The molecule has 1 aliphatic heterocycles. The molecule has 0 saturated carbocycles. The third kappa shape index (κ3) is 4.09. The van der Waals surface area contributed by atoms with E-state index in [0.717, 1.165) is 30.9 Å². The van der Waals surface area contributed by atoms with E-state index < -0.39 is 23.2 Å². The number of carbonyl (C=O) groups is 1. The smallest absolute Gasteiger partial charge is 0.295 e. The molecule has 0 N–H and O–H groups in total. The van der Waals surface area contributed by atoms with Crippen molar-refractivity contribution in [1.29, 1.82) is 0 Å². The fourth-order valence-electron chi connectivity index (χ4n) is 4.53. The molecular weight excluding hydrogens is 445 g/mol. The molecule has 3 aromatic carbocycles. The highest BCUT2D eigenvalue weighted by molar-refractivity contribution is 6.10. The number of benzene rings is 3. The zero-order valence-electron chi connectivity index (χ0n) is 19.7. The maximum absolute atomic E-state index is 14.0. The Labute approximate surface area is 202 Å². The van der Waals surface area contributed by atoms with Crippen LogP contribution in [-0.4, -0.2) is 12.5 Å². The van der Waals surface area contributed by atoms with Crippen molar-refractivity contribution in [1.82, 2.24) is 0 Å². The van der Waals surface area contributed by atoms with E-state index in [9.17, 15) is 14.0 Å². The molecule has 0 bridgehead atoms. The van der Waals surface area contributed by atoms with E-state index in [1.54, 1.807) is 4.90 Å². The van der Waals surface area contributed by atoms with E-state index in [0.29, 0.717) is 23.6 Å². The summed E-state index contributed by atoms with van der Waals surface area (Å²) in [6.45, 7) is 4.73. The van der Waals surface area contributed by atoms with Crippen LogP contribution in [0.3, 0.4) is 0 Å². The minimum atomic E-state index is -0.733. The Bertz CT molecular complexity index is 1460. The lowest BCUT2D eigenvalue weighted by atomic mass is 9.98. The van der Waals surface area contributed by atoms with Crippen molar-refractivity contribution in [3.05, 3.63) is 105 Å². The van der Waals surface area contributed by atoms with E-state index in [-0.39, 0.29) is 22.3 Å². The van der Waals surface area contributed by atoms with Crippen molar-refractivity contribution in [2.24, 2.45) is 0 Å². The van der Waals surface area contributed by atoms with Gasteiger partial charge in [0, 0.05) is 5.69 Å². The third-order valence-electron chi connectivity index (χ3n) is 6.40. The van der Waals surface area contributed by atoms with Crippen LogP contribution in [-0.2, 0) is 6.42 Å². The van der Waals surface area contributed by atoms with Crippen LogP contribution in [0.1, 0.15) is 60.0 Å². The molecule has 1 atom stereocenters. The number of amides is 1. The lowest BCUT2D eigenvalue weighted by Gasteiger charge is -2.25. The number of hydrogen-bond acceptors (Lipinski definition) is 4. The van der Waals surface area contributed by atoms with Crippen molar-refractivity contribution in [2.45, 2.75) is 39.2 Å². The Morgan fingerprint density at radius 2 is 1.80 bits per heavy atom. The molecule has 1 aromatic heterocycles. The highest BCUT2D eigenvalue weighted by atomic mass is 19.1. The van der Waals surface area contributed by atoms with Crippen LogP contribution in [0.5, 0.6) is 5.75 Å². The maximum atomic E-state index is 14.0. The van der Waals surface area contributed by atoms with Gasteiger partial charge in [-0.25, -0.2) is 4.39 Å². The summed E-state index contributed by atoms with van der Waals surface area (Å²) in [6, 6.07) is 18.1. The Kier molecular flexibility index (Phi) is 6.12. The molecule has 178 valence electrons. The molecular formula is C29H26FNO4. The Balaban J connectivity index is 1.70. The van der Waals surface area contributed by atoms with Crippen LogP contribution in [0, 0.1) is 5.82 Å². The SMILES string of the molecule is CCCCOc1cccc(C2c3c(oc4ccc(F)cc4c3=O)C(=O)N2c2ccc(CC)cc2)c1. The quantitative estimate of drug-likeness (QED) is 0.292. The number of halogens is 1. The van der Waals surface area contributed by atoms with Crippen molar-refractivity contribution < 1.29 is 18.3 Å². The summed E-state index contributed by atoms with van der Waals surface area (Å²) in [5, 5.41) is 0.111. The second-order valence-electron chi connectivity index (χ2n) is 8.69. The molecule has 5 rings (SSSR count). The molecule has 1 unspecified atom stereocenters. The summed E-state index contributed by atoms with van der Waals surface area (Å²) in [7, 11) is 0. The fraction of sp³-hybridized carbons (Fsp3) is 0.241. The number of aryl methyl sites for hydroxylation is 1. The molecule has 1 amide bonds. The van der Waals surface area contributed by atoms with Crippen LogP contribution in [0.15, 0.2) is 75.9 Å². The van der Waals surface area contributed by atoms with E-state index in [4.69, 9.17) is 9.15 Å². The van der Waals surface area contributed by atoms with E-state index in [1.165, 1.54) is 12.1 Å². The number of rotatable bonds is 7. The van der Waals surface area contributed by atoms with E-state index in [2.05, 4.69) is 13.8 Å². The normalized spacial score (nSPS) is 15.0. The van der Waals surface area contributed by atoms with Gasteiger partial charge in [-0.3, -0.25) is 14.5 Å². The van der Waals surface area contributed by atoms with Crippen LogP contribution in [0.4, 0.5) is 10.1 Å². The predicted octanol–water partition coefficient (Wildman–Crippen LogP) is 6.42. The van der Waals surface area contributed by atoms with Gasteiger partial charge in [-0.05, 0) is 66.4 Å². The molecule has 0 saturated heterocycles. The van der Waals surface area contributed by atoms with E-state index in [1.807, 2.05) is 48.5 Å². The van der Waals surface area contributed by atoms with Gasteiger partial charge in [-0.1, -0.05) is 44.5 Å². The van der Waals surface area contributed by atoms with Gasteiger partial charge in [0.25, 0.3) is 5.91 Å². The van der Waals surface area contributed by atoms with Gasteiger partial charge >= 0.3 is 0 Å². The Morgan fingerprint density at radius 1 is 1.00 bits per heavy atom. The first-order chi connectivity index (χ1) is 17.0. The Morgan fingerprint density at radius 3 is 2.54 bits per heavy atom. The number of anilines is 1. The standard InChI is InChI=1S/C29H26FNO4/c1-3-5-15-34-22-8-6-7-19(16-22)26-25-27(32)23-17-20(30)11-14-24(23)35-28(25)29(33)31(26)21-12-9-18(4-2)10-13-21/h6-14,16-17,26H,3-5,15H2,1-2H3. The maximum Gasteiger partial charge on any atom is 0.295 e. The molecule has 0 fully saturated rings. The number of ether oxygens (including phenoxy) is 1. The topological polar surface area (TPSA) is 59.8 Å².